The summed E-state index contributed by atoms with van der Waals surface area (Å²) in [5.41, 5.74) is 4.84. The molecule has 2 atom stereocenters. The first-order valence-corrected chi connectivity index (χ1v) is 8.24. The second kappa shape index (κ2) is 6.27. The molecule has 0 aromatic heterocycles. The van der Waals surface area contributed by atoms with E-state index in [1.807, 2.05) is 0 Å². The molecule has 0 unspecified atom stereocenters. The minimum Gasteiger partial charge on any atom is -0.466 e. The average molecular weight is 347 g/mol. The maximum Gasteiger partial charge on any atom is 0.328 e. The highest BCUT2D eigenvalue weighted by Crippen LogP contribution is 2.36. The number of nitrogens with one attached hydrogen (secondary N) is 1. The standard InChI is InChI=1S/C17H21N3O5/c1-3-24-14(21)12-5-4-8-20(12)16(23)17(2)15(22)19-11-9-10(18)6-7-13(11)25-17/h6-7,9,12H,3-5,8,18H2,1-2H3,(H,19,22)/t12-,17-/m0/s1. The largest absolute Gasteiger partial charge is 0.466 e. The van der Waals surface area contributed by atoms with Gasteiger partial charge in [0.15, 0.2) is 0 Å². The molecular weight excluding hydrogens is 326 g/mol. The van der Waals surface area contributed by atoms with Crippen LogP contribution in [0.3, 0.4) is 0 Å². The molecule has 1 saturated heterocycles. The molecule has 134 valence electrons. The van der Waals surface area contributed by atoms with E-state index in [0.29, 0.717) is 36.5 Å². The molecule has 8 nitrogen and oxygen atoms in total. The van der Waals surface area contributed by atoms with Crippen LogP contribution in [-0.2, 0) is 19.1 Å². The van der Waals surface area contributed by atoms with Crippen molar-refractivity contribution in [1.82, 2.24) is 4.90 Å². The lowest BCUT2D eigenvalue weighted by Crippen LogP contribution is -2.61. The van der Waals surface area contributed by atoms with Gasteiger partial charge in [0, 0.05) is 12.2 Å². The summed E-state index contributed by atoms with van der Waals surface area (Å²) in [6.07, 6.45) is 1.18. The third kappa shape index (κ3) is 2.88. The molecule has 2 aliphatic heterocycles. The van der Waals surface area contributed by atoms with Gasteiger partial charge in [-0.15, -0.1) is 0 Å². The SMILES string of the molecule is CCOC(=O)[C@@H]1CCCN1C(=O)[C@@]1(C)Oc2ccc(N)cc2NC1=O. The number of fused-ring (bicyclic) bond motifs is 1. The number of amides is 2. The average Bonchev–Trinajstić information content (AvgIpc) is 3.05. The Kier molecular flexibility index (Phi) is 4.28. The Morgan fingerprint density at radius 3 is 2.96 bits per heavy atom. The van der Waals surface area contributed by atoms with Crippen LogP contribution in [0.1, 0.15) is 26.7 Å². The van der Waals surface area contributed by atoms with Crippen molar-refractivity contribution in [3.8, 4) is 5.75 Å². The van der Waals surface area contributed by atoms with Gasteiger partial charge in [-0.3, -0.25) is 9.59 Å². The van der Waals surface area contributed by atoms with E-state index in [2.05, 4.69) is 5.32 Å². The third-order valence-electron chi connectivity index (χ3n) is 4.48. The number of esters is 1. The monoisotopic (exact) mass is 347 g/mol. The normalized spacial score (nSPS) is 25.0. The van der Waals surface area contributed by atoms with Gasteiger partial charge in [0.05, 0.1) is 12.3 Å². The lowest BCUT2D eigenvalue weighted by molar-refractivity contribution is -0.162. The summed E-state index contributed by atoms with van der Waals surface area (Å²) in [7, 11) is 0. The predicted molar refractivity (Wildman–Crippen MR) is 89.9 cm³/mol. The van der Waals surface area contributed by atoms with Crippen molar-refractivity contribution in [3.05, 3.63) is 18.2 Å². The fraction of sp³-hybridized carbons (Fsp3) is 0.471. The fourth-order valence-corrected chi connectivity index (χ4v) is 3.15. The van der Waals surface area contributed by atoms with E-state index in [0.717, 1.165) is 0 Å². The molecule has 3 rings (SSSR count). The maximum absolute atomic E-state index is 13.0. The van der Waals surface area contributed by atoms with Crippen LogP contribution in [0.5, 0.6) is 5.75 Å². The van der Waals surface area contributed by atoms with Gasteiger partial charge in [-0.05, 0) is 44.9 Å². The lowest BCUT2D eigenvalue weighted by atomic mass is 10.00. The second-order valence-corrected chi connectivity index (χ2v) is 6.25. The van der Waals surface area contributed by atoms with Crippen LogP contribution in [0, 0.1) is 0 Å². The molecule has 8 heteroatoms. The van der Waals surface area contributed by atoms with Gasteiger partial charge >= 0.3 is 5.97 Å². The number of nitrogens with zero attached hydrogens (tertiary/aromatic N) is 1. The van der Waals surface area contributed by atoms with Gasteiger partial charge in [0.1, 0.15) is 11.8 Å². The van der Waals surface area contributed by atoms with E-state index in [9.17, 15) is 14.4 Å². The Balaban J connectivity index is 1.87. The van der Waals surface area contributed by atoms with E-state index in [1.165, 1.54) is 11.8 Å². The van der Waals surface area contributed by atoms with Gasteiger partial charge in [-0.25, -0.2) is 4.79 Å². The number of likely N-dealkylation sites (tertiary alicyclic amines) is 1. The van der Waals surface area contributed by atoms with E-state index < -0.39 is 29.4 Å². The minimum atomic E-state index is -1.75. The second-order valence-electron chi connectivity index (χ2n) is 6.25. The minimum absolute atomic E-state index is 0.237. The first kappa shape index (κ1) is 17.1. The van der Waals surface area contributed by atoms with Crippen molar-refractivity contribution in [2.24, 2.45) is 0 Å². The molecule has 1 aromatic carbocycles. The lowest BCUT2D eigenvalue weighted by Gasteiger charge is -2.37. The van der Waals surface area contributed by atoms with E-state index in [4.69, 9.17) is 15.2 Å². The molecule has 0 aliphatic carbocycles. The van der Waals surface area contributed by atoms with Crippen LogP contribution >= 0.6 is 0 Å². The number of carbonyl (C=O) groups is 3. The number of hydrogen-bond donors (Lipinski definition) is 2. The molecule has 1 fully saturated rings. The first-order valence-electron chi connectivity index (χ1n) is 8.24. The highest BCUT2D eigenvalue weighted by atomic mass is 16.5. The molecule has 3 N–H and O–H groups in total. The van der Waals surface area contributed by atoms with E-state index in [1.54, 1.807) is 25.1 Å². The summed E-state index contributed by atoms with van der Waals surface area (Å²) in [5, 5.41) is 2.66. The summed E-state index contributed by atoms with van der Waals surface area (Å²) in [6.45, 7) is 3.73. The predicted octanol–water partition coefficient (Wildman–Crippen LogP) is 0.912. The Labute approximate surface area is 145 Å². The zero-order valence-corrected chi connectivity index (χ0v) is 14.2. The molecule has 2 heterocycles. The smallest absolute Gasteiger partial charge is 0.328 e. The first-order chi connectivity index (χ1) is 11.9. The number of benzene rings is 1. The molecule has 0 radical (unpaired) electrons. The van der Waals surface area contributed by atoms with Crippen LogP contribution < -0.4 is 15.8 Å². The zero-order chi connectivity index (χ0) is 18.2. The van der Waals surface area contributed by atoms with E-state index >= 15 is 0 Å². The quantitative estimate of drug-likeness (QED) is 0.478. The summed E-state index contributed by atoms with van der Waals surface area (Å²) < 4.78 is 10.8. The summed E-state index contributed by atoms with van der Waals surface area (Å²) in [5.74, 6) is -1.24. The molecular formula is C17H21N3O5. The number of nitrogen functional groups attached to an aromatic ring is 1. The third-order valence-corrected chi connectivity index (χ3v) is 4.48. The Morgan fingerprint density at radius 2 is 2.24 bits per heavy atom. The van der Waals surface area contributed by atoms with Gasteiger partial charge in [-0.1, -0.05) is 0 Å². The Bertz CT molecular complexity index is 735. The summed E-state index contributed by atoms with van der Waals surface area (Å²) in [4.78, 5) is 39.1. The number of carbonyl (C=O) groups excluding carboxylic acids is 3. The Hall–Kier alpha value is -2.77. The van der Waals surface area contributed by atoms with Crippen molar-refractivity contribution < 1.29 is 23.9 Å². The van der Waals surface area contributed by atoms with Crippen molar-refractivity contribution in [1.29, 1.82) is 0 Å². The van der Waals surface area contributed by atoms with Crippen LogP contribution in [0.25, 0.3) is 0 Å². The van der Waals surface area contributed by atoms with Gasteiger partial charge < -0.3 is 25.4 Å². The van der Waals surface area contributed by atoms with Crippen LogP contribution in [0.2, 0.25) is 0 Å². The molecule has 0 saturated carbocycles. The van der Waals surface area contributed by atoms with Gasteiger partial charge in [0.2, 0.25) is 0 Å². The number of anilines is 2. The molecule has 1 aromatic rings. The number of ether oxygens (including phenoxy) is 2. The van der Waals surface area contributed by atoms with Crippen molar-refractivity contribution in [2.75, 3.05) is 24.2 Å². The number of nitrogens with two attached hydrogens (primary N) is 1. The van der Waals surface area contributed by atoms with E-state index in [-0.39, 0.29) is 6.61 Å². The highest BCUT2D eigenvalue weighted by molar-refractivity contribution is 6.16. The van der Waals surface area contributed by atoms with Crippen LogP contribution in [0.15, 0.2) is 18.2 Å². The summed E-state index contributed by atoms with van der Waals surface area (Å²) in [6, 6.07) is 4.10. The van der Waals surface area contributed by atoms with Crippen molar-refractivity contribution >= 4 is 29.2 Å². The Morgan fingerprint density at radius 1 is 1.48 bits per heavy atom. The topological polar surface area (TPSA) is 111 Å². The molecule has 25 heavy (non-hydrogen) atoms. The van der Waals surface area contributed by atoms with Gasteiger partial charge in [0.25, 0.3) is 17.4 Å². The van der Waals surface area contributed by atoms with Crippen molar-refractivity contribution in [3.63, 3.8) is 0 Å². The number of hydrogen-bond acceptors (Lipinski definition) is 6. The summed E-state index contributed by atoms with van der Waals surface area (Å²) >= 11 is 0. The van der Waals surface area contributed by atoms with Crippen molar-refractivity contribution in [2.45, 2.75) is 38.3 Å². The van der Waals surface area contributed by atoms with Gasteiger partial charge in [-0.2, -0.15) is 0 Å². The van der Waals surface area contributed by atoms with Crippen LogP contribution in [-0.4, -0.2) is 47.5 Å². The molecule has 2 aliphatic rings. The number of rotatable bonds is 3. The maximum atomic E-state index is 13.0. The zero-order valence-electron chi connectivity index (χ0n) is 14.2. The molecule has 0 spiro atoms. The molecule has 2 amide bonds. The van der Waals surface area contributed by atoms with Crippen LogP contribution in [0.4, 0.5) is 11.4 Å². The molecule has 0 bridgehead atoms. The fourth-order valence-electron chi connectivity index (χ4n) is 3.15. The highest BCUT2D eigenvalue weighted by Gasteiger charge is 2.52.